The molecule has 3 rings (SSSR count). The largest absolute Gasteiger partial charge is 0.490 e. The van der Waals surface area contributed by atoms with E-state index in [1.165, 1.54) is 6.08 Å². The van der Waals surface area contributed by atoms with Crippen LogP contribution in [0.25, 0.3) is 17.5 Å². The van der Waals surface area contributed by atoms with E-state index >= 15 is 0 Å². The summed E-state index contributed by atoms with van der Waals surface area (Å²) < 4.78 is 11.0. The molecule has 0 aliphatic rings. The highest BCUT2D eigenvalue weighted by Crippen LogP contribution is 2.32. The van der Waals surface area contributed by atoms with Crippen LogP contribution >= 0.6 is 23.4 Å². The van der Waals surface area contributed by atoms with Gasteiger partial charge >= 0.3 is 5.97 Å². The minimum Gasteiger partial charge on any atom is -0.490 e. The summed E-state index contributed by atoms with van der Waals surface area (Å²) in [6.07, 6.45) is 6.75. The summed E-state index contributed by atoms with van der Waals surface area (Å²) >= 11 is 6.83. The summed E-state index contributed by atoms with van der Waals surface area (Å²) in [5, 5.41) is 17.4. The Labute approximate surface area is 188 Å². The molecule has 0 unspecified atom stereocenters. The van der Waals surface area contributed by atoms with Crippen LogP contribution in [-0.4, -0.2) is 39.5 Å². The smallest absolute Gasteiger partial charge is 0.342 e. The van der Waals surface area contributed by atoms with E-state index in [0.717, 1.165) is 17.3 Å². The third kappa shape index (κ3) is 6.04. The number of benzene rings is 2. The molecule has 0 spiro atoms. The molecule has 0 saturated carbocycles. The SMILES string of the molecule is C#CCOc1ccc(/C=C(\Sc2n[nH]c(-c3ccc(Cl)cc3)n2)C(=O)O)cc1OCC. The fourth-order valence-electron chi connectivity index (χ4n) is 2.53. The topological polar surface area (TPSA) is 97.3 Å². The highest BCUT2D eigenvalue weighted by Gasteiger charge is 2.15. The van der Waals surface area contributed by atoms with Crippen LogP contribution in [0.1, 0.15) is 12.5 Å². The molecule has 7 nitrogen and oxygen atoms in total. The van der Waals surface area contributed by atoms with Crippen LogP contribution in [0, 0.1) is 12.3 Å². The number of aromatic amines is 1. The van der Waals surface area contributed by atoms with Crippen LogP contribution < -0.4 is 9.47 Å². The molecule has 1 heterocycles. The number of carbonyl (C=O) groups is 1. The highest BCUT2D eigenvalue weighted by atomic mass is 35.5. The second-order valence-corrected chi connectivity index (χ2v) is 7.47. The second-order valence-electron chi connectivity index (χ2n) is 6.02. The lowest BCUT2D eigenvalue weighted by molar-refractivity contribution is -0.131. The maximum atomic E-state index is 11.8. The predicted molar refractivity (Wildman–Crippen MR) is 120 cm³/mol. The van der Waals surface area contributed by atoms with Gasteiger partial charge in [0.05, 0.1) is 6.61 Å². The van der Waals surface area contributed by atoms with E-state index in [0.29, 0.717) is 34.5 Å². The van der Waals surface area contributed by atoms with Crippen molar-refractivity contribution < 1.29 is 19.4 Å². The van der Waals surface area contributed by atoms with Crippen LogP contribution in [0.15, 0.2) is 52.5 Å². The van der Waals surface area contributed by atoms with E-state index in [2.05, 4.69) is 21.1 Å². The number of carboxylic acid groups (broad SMARTS) is 1. The molecular formula is C22H18ClN3O4S. The van der Waals surface area contributed by atoms with Crippen molar-refractivity contribution in [1.29, 1.82) is 0 Å². The number of carboxylic acids is 1. The second kappa shape index (κ2) is 10.6. The summed E-state index contributed by atoms with van der Waals surface area (Å²) in [7, 11) is 0. The number of rotatable bonds is 9. The monoisotopic (exact) mass is 455 g/mol. The zero-order valence-corrected chi connectivity index (χ0v) is 18.0. The average Bonchev–Trinajstić information content (AvgIpc) is 3.22. The van der Waals surface area contributed by atoms with Crippen LogP contribution in [0.3, 0.4) is 0 Å². The normalized spacial score (nSPS) is 11.1. The Morgan fingerprint density at radius 1 is 1.26 bits per heavy atom. The number of thioether (sulfide) groups is 1. The zero-order chi connectivity index (χ0) is 22.2. The van der Waals surface area contributed by atoms with Gasteiger partial charge in [-0.3, -0.25) is 5.10 Å². The van der Waals surface area contributed by atoms with Crippen LogP contribution in [0.5, 0.6) is 11.5 Å². The molecule has 31 heavy (non-hydrogen) atoms. The Hall–Kier alpha value is -3.41. The average molecular weight is 456 g/mol. The lowest BCUT2D eigenvalue weighted by atomic mass is 10.2. The number of ether oxygens (including phenoxy) is 2. The molecule has 0 fully saturated rings. The molecule has 9 heteroatoms. The summed E-state index contributed by atoms with van der Waals surface area (Å²) in [6.45, 7) is 2.37. The number of H-pyrrole nitrogens is 1. The molecular weight excluding hydrogens is 438 g/mol. The molecule has 3 aromatic rings. The Bertz CT molecular complexity index is 1140. The number of halogens is 1. The van der Waals surface area contributed by atoms with E-state index < -0.39 is 5.97 Å². The zero-order valence-electron chi connectivity index (χ0n) is 16.5. The van der Waals surface area contributed by atoms with Gasteiger partial charge in [0.2, 0.25) is 5.16 Å². The van der Waals surface area contributed by atoms with Gasteiger partial charge in [0, 0.05) is 10.6 Å². The van der Waals surface area contributed by atoms with Crippen molar-refractivity contribution in [1.82, 2.24) is 15.2 Å². The Morgan fingerprint density at radius 3 is 2.71 bits per heavy atom. The van der Waals surface area contributed by atoms with Crippen LogP contribution in [-0.2, 0) is 4.79 Å². The van der Waals surface area contributed by atoms with Gasteiger partial charge in [0.1, 0.15) is 11.5 Å². The maximum absolute atomic E-state index is 11.8. The first kappa shape index (κ1) is 22.3. The van der Waals surface area contributed by atoms with Crippen LogP contribution in [0.2, 0.25) is 5.02 Å². The Kier molecular flexibility index (Phi) is 7.60. The predicted octanol–water partition coefficient (Wildman–Crippen LogP) is 4.75. The number of terminal acetylenes is 1. The molecule has 0 aliphatic carbocycles. The summed E-state index contributed by atoms with van der Waals surface area (Å²) in [5.41, 5.74) is 1.41. The first-order chi connectivity index (χ1) is 15.0. The summed E-state index contributed by atoms with van der Waals surface area (Å²) in [4.78, 5) is 16.2. The number of hydrogen-bond donors (Lipinski definition) is 2. The maximum Gasteiger partial charge on any atom is 0.342 e. The molecule has 158 valence electrons. The molecule has 2 N–H and O–H groups in total. The van der Waals surface area contributed by atoms with Crippen molar-refractivity contribution >= 4 is 35.4 Å². The fourth-order valence-corrected chi connectivity index (χ4v) is 3.37. The summed E-state index contributed by atoms with van der Waals surface area (Å²) in [6, 6.07) is 12.2. The van der Waals surface area contributed by atoms with Crippen molar-refractivity contribution in [3.05, 3.63) is 58.0 Å². The van der Waals surface area contributed by atoms with Gasteiger partial charge in [-0.15, -0.1) is 11.5 Å². The Morgan fingerprint density at radius 2 is 2.03 bits per heavy atom. The van der Waals surface area contributed by atoms with Gasteiger partial charge in [-0.1, -0.05) is 23.6 Å². The van der Waals surface area contributed by atoms with Gasteiger partial charge in [-0.25, -0.2) is 9.78 Å². The third-order valence-corrected chi connectivity index (χ3v) is 5.00. The molecule has 0 bridgehead atoms. The van der Waals surface area contributed by atoms with Crippen molar-refractivity contribution in [2.45, 2.75) is 12.1 Å². The first-order valence-corrected chi connectivity index (χ1v) is 10.3. The van der Waals surface area contributed by atoms with Crippen molar-refractivity contribution in [2.75, 3.05) is 13.2 Å². The first-order valence-electron chi connectivity index (χ1n) is 9.14. The lowest BCUT2D eigenvalue weighted by Crippen LogP contribution is -2.00. The molecule has 0 atom stereocenters. The van der Waals surface area contributed by atoms with Gasteiger partial charge < -0.3 is 14.6 Å². The van der Waals surface area contributed by atoms with Gasteiger partial charge in [-0.2, -0.15) is 0 Å². The van der Waals surface area contributed by atoms with Crippen molar-refractivity contribution in [2.24, 2.45) is 0 Å². The third-order valence-electron chi connectivity index (χ3n) is 3.87. The number of nitrogens with zero attached hydrogens (tertiary/aromatic N) is 2. The fraction of sp³-hybridized carbons (Fsp3) is 0.136. The van der Waals surface area contributed by atoms with E-state index in [-0.39, 0.29) is 16.7 Å². The number of nitrogens with one attached hydrogen (secondary N) is 1. The lowest BCUT2D eigenvalue weighted by Gasteiger charge is -2.11. The van der Waals surface area contributed by atoms with Crippen molar-refractivity contribution in [3.63, 3.8) is 0 Å². The minimum atomic E-state index is -1.10. The number of aromatic nitrogens is 3. The van der Waals surface area contributed by atoms with E-state index in [9.17, 15) is 9.90 Å². The van der Waals surface area contributed by atoms with E-state index in [4.69, 9.17) is 27.5 Å². The number of aliphatic carboxylic acids is 1. The molecule has 0 amide bonds. The molecule has 2 aromatic carbocycles. The molecule has 1 aromatic heterocycles. The molecule has 0 saturated heterocycles. The Balaban J connectivity index is 1.84. The standard InChI is InChI=1S/C22H18ClN3O4S/c1-3-11-30-17-10-5-14(12-18(17)29-4-2)13-19(21(27)28)31-22-24-20(25-26-22)15-6-8-16(23)9-7-15/h1,5-10,12-13H,4,11H2,2H3,(H,27,28)(H,24,25,26)/b19-13-. The van der Waals surface area contributed by atoms with Gasteiger partial charge in [-0.05, 0) is 66.7 Å². The van der Waals surface area contributed by atoms with Crippen LogP contribution in [0.4, 0.5) is 0 Å². The number of hydrogen-bond acceptors (Lipinski definition) is 6. The molecule has 0 aliphatic heterocycles. The summed E-state index contributed by atoms with van der Waals surface area (Å²) in [5.74, 6) is 2.77. The molecule has 0 radical (unpaired) electrons. The van der Waals surface area contributed by atoms with E-state index in [1.807, 2.05) is 6.92 Å². The van der Waals surface area contributed by atoms with Gasteiger partial charge in [0.15, 0.2) is 17.3 Å². The van der Waals surface area contributed by atoms with E-state index in [1.54, 1.807) is 42.5 Å². The highest BCUT2D eigenvalue weighted by molar-refractivity contribution is 8.04. The van der Waals surface area contributed by atoms with Gasteiger partial charge in [0.25, 0.3) is 0 Å². The van der Waals surface area contributed by atoms with Crippen molar-refractivity contribution in [3.8, 4) is 35.2 Å². The minimum absolute atomic E-state index is 0.0430. The quantitative estimate of drug-likeness (QED) is 0.273.